The van der Waals surface area contributed by atoms with Crippen molar-refractivity contribution in [3.8, 4) is 11.4 Å². The fraction of sp³-hybridized carbons (Fsp3) is 0.111. The van der Waals surface area contributed by atoms with Crippen molar-refractivity contribution in [3.05, 3.63) is 35.6 Å². The molecule has 2 aromatic rings. The van der Waals surface area contributed by atoms with E-state index >= 15 is 0 Å². The standard InChI is InChI=1S/C9H8ClN3/c1-13-6-11-9(12-13)7-2-4-8(10)5-3-7/h2-6H,1H3. The van der Waals surface area contributed by atoms with Crippen LogP contribution in [0.25, 0.3) is 11.4 Å². The Labute approximate surface area is 81.0 Å². The van der Waals surface area contributed by atoms with Gasteiger partial charge in [-0.2, -0.15) is 5.10 Å². The van der Waals surface area contributed by atoms with E-state index in [0.29, 0.717) is 0 Å². The summed E-state index contributed by atoms with van der Waals surface area (Å²) in [5.41, 5.74) is 0.977. The predicted octanol–water partition coefficient (Wildman–Crippen LogP) is 2.14. The number of aromatic nitrogens is 3. The smallest absolute Gasteiger partial charge is 0.181 e. The minimum Gasteiger partial charge on any atom is -0.255 e. The third-order valence-corrected chi connectivity index (χ3v) is 1.95. The van der Waals surface area contributed by atoms with Crippen molar-refractivity contribution >= 4 is 11.6 Å². The first kappa shape index (κ1) is 8.26. The number of hydrogen-bond donors (Lipinski definition) is 0. The molecule has 0 saturated carbocycles. The van der Waals surface area contributed by atoms with E-state index in [4.69, 9.17) is 11.6 Å². The average Bonchev–Trinajstić information content (AvgIpc) is 2.53. The van der Waals surface area contributed by atoms with Crippen LogP contribution in [0.1, 0.15) is 0 Å². The quantitative estimate of drug-likeness (QED) is 0.695. The molecule has 4 heteroatoms. The molecule has 0 N–H and O–H groups in total. The largest absolute Gasteiger partial charge is 0.255 e. The molecule has 0 aliphatic carbocycles. The molecule has 2 rings (SSSR count). The molecular weight excluding hydrogens is 186 g/mol. The Hall–Kier alpha value is -1.35. The lowest BCUT2D eigenvalue weighted by Crippen LogP contribution is -1.87. The highest BCUT2D eigenvalue weighted by Gasteiger charge is 2.01. The number of rotatable bonds is 1. The predicted molar refractivity (Wildman–Crippen MR) is 51.4 cm³/mol. The second-order valence-electron chi connectivity index (χ2n) is 2.75. The van der Waals surface area contributed by atoms with Gasteiger partial charge >= 0.3 is 0 Å². The number of hydrogen-bond acceptors (Lipinski definition) is 2. The third-order valence-electron chi connectivity index (χ3n) is 1.70. The van der Waals surface area contributed by atoms with Gasteiger partial charge in [0.1, 0.15) is 6.33 Å². The highest BCUT2D eigenvalue weighted by atomic mass is 35.5. The topological polar surface area (TPSA) is 30.7 Å². The molecule has 0 spiro atoms. The van der Waals surface area contributed by atoms with Gasteiger partial charge < -0.3 is 0 Å². The number of nitrogens with zero attached hydrogens (tertiary/aromatic N) is 3. The van der Waals surface area contributed by atoms with Crippen molar-refractivity contribution in [1.29, 1.82) is 0 Å². The molecular formula is C9H8ClN3. The van der Waals surface area contributed by atoms with E-state index in [1.165, 1.54) is 0 Å². The summed E-state index contributed by atoms with van der Waals surface area (Å²) < 4.78 is 1.67. The molecule has 0 saturated heterocycles. The first-order chi connectivity index (χ1) is 6.25. The Morgan fingerprint density at radius 2 is 1.92 bits per heavy atom. The monoisotopic (exact) mass is 193 g/mol. The van der Waals surface area contributed by atoms with Crippen LogP contribution < -0.4 is 0 Å². The van der Waals surface area contributed by atoms with E-state index in [0.717, 1.165) is 16.4 Å². The lowest BCUT2D eigenvalue weighted by Gasteiger charge is -1.94. The summed E-state index contributed by atoms with van der Waals surface area (Å²) >= 11 is 5.76. The molecule has 0 amide bonds. The van der Waals surface area contributed by atoms with Gasteiger partial charge in [-0.3, -0.25) is 4.68 Å². The van der Waals surface area contributed by atoms with Crippen LogP contribution in [-0.2, 0) is 7.05 Å². The number of halogens is 1. The molecule has 0 aliphatic heterocycles. The van der Waals surface area contributed by atoms with Crippen LogP contribution in [0, 0.1) is 0 Å². The van der Waals surface area contributed by atoms with Crippen LogP contribution in [0.15, 0.2) is 30.6 Å². The maximum Gasteiger partial charge on any atom is 0.181 e. The Morgan fingerprint density at radius 1 is 1.23 bits per heavy atom. The number of aryl methyl sites for hydroxylation is 1. The van der Waals surface area contributed by atoms with E-state index in [1.807, 2.05) is 31.3 Å². The van der Waals surface area contributed by atoms with Crippen molar-refractivity contribution in [2.45, 2.75) is 0 Å². The lowest BCUT2D eigenvalue weighted by molar-refractivity contribution is 0.768. The summed E-state index contributed by atoms with van der Waals surface area (Å²) in [6.45, 7) is 0. The first-order valence-electron chi connectivity index (χ1n) is 3.87. The van der Waals surface area contributed by atoms with Crippen molar-refractivity contribution < 1.29 is 0 Å². The molecule has 3 nitrogen and oxygen atoms in total. The minimum atomic E-state index is 0.721. The molecule has 13 heavy (non-hydrogen) atoms. The Morgan fingerprint density at radius 3 is 2.46 bits per heavy atom. The van der Waals surface area contributed by atoms with E-state index < -0.39 is 0 Å². The van der Waals surface area contributed by atoms with Gasteiger partial charge in [0.15, 0.2) is 5.82 Å². The molecule has 0 unspecified atom stereocenters. The lowest BCUT2D eigenvalue weighted by atomic mass is 10.2. The average molecular weight is 194 g/mol. The summed E-state index contributed by atoms with van der Waals surface area (Å²) in [5, 5.41) is 4.89. The zero-order valence-corrected chi connectivity index (χ0v) is 7.86. The Bertz CT molecular complexity index is 405. The normalized spacial score (nSPS) is 10.3. The van der Waals surface area contributed by atoms with E-state index in [9.17, 15) is 0 Å². The van der Waals surface area contributed by atoms with Crippen molar-refractivity contribution in [1.82, 2.24) is 14.8 Å². The summed E-state index contributed by atoms with van der Waals surface area (Å²) in [7, 11) is 1.84. The van der Waals surface area contributed by atoms with E-state index in [1.54, 1.807) is 11.0 Å². The van der Waals surface area contributed by atoms with Gasteiger partial charge in [0.25, 0.3) is 0 Å². The van der Waals surface area contributed by atoms with Gasteiger partial charge in [-0.25, -0.2) is 4.98 Å². The molecule has 0 bridgehead atoms. The summed E-state index contributed by atoms with van der Waals surface area (Å²) in [6.07, 6.45) is 1.67. The van der Waals surface area contributed by atoms with Crippen LogP contribution in [0.2, 0.25) is 5.02 Å². The summed E-state index contributed by atoms with van der Waals surface area (Å²) in [6, 6.07) is 7.45. The van der Waals surface area contributed by atoms with Crippen LogP contribution in [0.4, 0.5) is 0 Å². The maximum atomic E-state index is 5.76. The van der Waals surface area contributed by atoms with Gasteiger partial charge in [0.05, 0.1) is 0 Å². The van der Waals surface area contributed by atoms with E-state index in [-0.39, 0.29) is 0 Å². The van der Waals surface area contributed by atoms with Gasteiger partial charge in [-0.1, -0.05) is 11.6 Å². The maximum absolute atomic E-state index is 5.76. The minimum absolute atomic E-state index is 0.721. The second kappa shape index (κ2) is 3.18. The Balaban J connectivity index is 2.41. The fourth-order valence-electron chi connectivity index (χ4n) is 1.07. The second-order valence-corrected chi connectivity index (χ2v) is 3.19. The van der Waals surface area contributed by atoms with Gasteiger partial charge in [-0.15, -0.1) is 0 Å². The van der Waals surface area contributed by atoms with Crippen LogP contribution >= 0.6 is 11.6 Å². The van der Waals surface area contributed by atoms with Gasteiger partial charge in [0.2, 0.25) is 0 Å². The van der Waals surface area contributed by atoms with Crippen molar-refractivity contribution in [2.75, 3.05) is 0 Å². The SMILES string of the molecule is Cn1cnc(-c2ccc(Cl)cc2)n1. The van der Waals surface area contributed by atoms with Crippen LogP contribution in [0.3, 0.4) is 0 Å². The van der Waals surface area contributed by atoms with Crippen molar-refractivity contribution in [2.24, 2.45) is 7.05 Å². The third kappa shape index (κ3) is 1.70. The summed E-state index contributed by atoms with van der Waals surface area (Å²) in [5.74, 6) is 0.721. The molecule has 0 aliphatic rings. The Kier molecular flexibility index (Phi) is 2.02. The molecule has 0 fully saturated rings. The molecule has 66 valence electrons. The fourth-order valence-corrected chi connectivity index (χ4v) is 1.20. The number of benzene rings is 1. The van der Waals surface area contributed by atoms with Crippen molar-refractivity contribution in [3.63, 3.8) is 0 Å². The van der Waals surface area contributed by atoms with Crippen LogP contribution in [0.5, 0.6) is 0 Å². The van der Waals surface area contributed by atoms with Gasteiger partial charge in [-0.05, 0) is 24.3 Å². The molecule has 1 heterocycles. The molecule has 1 aromatic heterocycles. The zero-order valence-electron chi connectivity index (χ0n) is 7.11. The highest BCUT2D eigenvalue weighted by molar-refractivity contribution is 6.30. The molecule has 0 atom stereocenters. The first-order valence-corrected chi connectivity index (χ1v) is 4.25. The highest BCUT2D eigenvalue weighted by Crippen LogP contribution is 2.16. The van der Waals surface area contributed by atoms with E-state index in [2.05, 4.69) is 10.1 Å². The van der Waals surface area contributed by atoms with Crippen LogP contribution in [-0.4, -0.2) is 14.8 Å². The van der Waals surface area contributed by atoms with Gasteiger partial charge in [0, 0.05) is 17.6 Å². The summed E-state index contributed by atoms with van der Waals surface area (Å²) in [4.78, 5) is 4.12. The molecule has 1 aromatic carbocycles. The zero-order chi connectivity index (χ0) is 9.26. The molecule has 0 radical (unpaired) electrons.